The number of rotatable bonds is 8. The molecule has 0 spiro atoms. The largest absolute Gasteiger partial charge is 0.480 e. The fraction of sp³-hybridized carbons (Fsp3) is 0.538. The Balaban J connectivity index is 2.15. The molecule has 1 aliphatic heterocycles. The number of aliphatic carboxylic acids is 1. The van der Waals surface area contributed by atoms with Crippen molar-refractivity contribution in [2.75, 3.05) is 45.9 Å². The van der Waals surface area contributed by atoms with Crippen molar-refractivity contribution in [1.29, 1.82) is 0 Å². The van der Waals surface area contributed by atoms with Crippen LogP contribution in [0.25, 0.3) is 0 Å². The van der Waals surface area contributed by atoms with Gasteiger partial charge in [0.1, 0.15) is 10.8 Å². The standard InChI is InChI=1S/C13H18N2O6S2/c16-10-11-1-8-22-13(11)23(19,20)15(9-12(17)18)3-2-14-4-6-21-7-5-14/h1,8,10H,2-7,9H2,(H,17,18). The van der Waals surface area contributed by atoms with Crippen LogP contribution in [0.2, 0.25) is 0 Å². The van der Waals surface area contributed by atoms with Gasteiger partial charge in [-0.1, -0.05) is 0 Å². The maximum Gasteiger partial charge on any atom is 0.318 e. The summed E-state index contributed by atoms with van der Waals surface area (Å²) in [5, 5.41) is 10.5. The van der Waals surface area contributed by atoms with Gasteiger partial charge in [0.05, 0.1) is 13.2 Å². The molecule has 8 nitrogen and oxygen atoms in total. The van der Waals surface area contributed by atoms with Crippen LogP contribution >= 0.6 is 11.3 Å². The van der Waals surface area contributed by atoms with E-state index >= 15 is 0 Å². The lowest BCUT2D eigenvalue weighted by Crippen LogP contribution is -2.44. The molecule has 1 saturated heterocycles. The molecule has 1 aromatic heterocycles. The van der Waals surface area contributed by atoms with Crippen molar-refractivity contribution in [2.24, 2.45) is 0 Å². The fourth-order valence-electron chi connectivity index (χ4n) is 2.23. The van der Waals surface area contributed by atoms with Crippen LogP contribution < -0.4 is 0 Å². The minimum atomic E-state index is -4.01. The molecule has 10 heteroatoms. The van der Waals surface area contributed by atoms with E-state index in [1.165, 1.54) is 11.4 Å². The molecule has 0 saturated carbocycles. The zero-order chi connectivity index (χ0) is 16.9. The first-order chi connectivity index (χ1) is 10.9. The van der Waals surface area contributed by atoms with Crippen LogP contribution in [0.15, 0.2) is 15.7 Å². The van der Waals surface area contributed by atoms with E-state index in [4.69, 9.17) is 9.84 Å². The third kappa shape index (κ3) is 4.58. The van der Waals surface area contributed by atoms with Crippen LogP contribution in [0, 0.1) is 0 Å². The normalized spacial score (nSPS) is 16.6. The molecule has 2 rings (SSSR count). The van der Waals surface area contributed by atoms with Gasteiger partial charge in [-0.2, -0.15) is 4.31 Å². The molecule has 1 fully saturated rings. The number of nitrogens with zero attached hydrogens (tertiary/aromatic N) is 2. The van der Waals surface area contributed by atoms with Gasteiger partial charge in [-0.25, -0.2) is 8.42 Å². The van der Waals surface area contributed by atoms with Crippen molar-refractivity contribution in [3.8, 4) is 0 Å². The monoisotopic (exact) mass is 362 g/mol. The van der Waals surface area contributed by atoms with E-state index in [2.05, 4.69) is 0 Å². The SMILES string of the molecule is O=Cc1ccsc1S(=O)(=O)N(CCN1CCOCC1)CC(=O)O. The molecule has 1 aliphatic rings. The van der Waals surface area contributed by atoms with Crippen molar-refractivity contribution in [3.63, 3.8) is 0 Å². The summed E-state index contributed by atoms with van der Waals surface area (Å²) >= 11 is 0.911. The Morgan fingerprint density at radius 2 is 2.13 bits per heavy atom. The van der Waals surface area contributed by atoms with E-state index in [0.29, 0.717) is 39.1 Å². The quantitative estimate of drug-likeness (QED) is 0.648. The average molecular weight is 362 g/mol. The van der Waals surface area contributed by atoms with Gasteiger partial charge < -0.3 is 9.84 Å². The molecule has 0 aromatic carbocycles. The van der Waals surface area contributed by atoms with Gasteiger partial charge in [0.2, 0.25) is 0 Å². The Hall–Kier alpha value is -1.33. The molecule has 0 unspecified atom stereocenters. The zero-order valence-electron chi connectivity index (χ0n) is 12.4. The summed E-state index contributed by atoms with van der Waals surface area (Å²) < 4.78 is 31.3. The predicted molar refractivity (Wildman–Crippen MR) is 83.4 cm³/mol. The number of carbonyl (C=O) groups excluding carboxylic acids is 1. The van der Waals surface area contributed by atoms with Gasteiger partial charge in [-0.15, -0.1) is 11.3 Å². The minimum absolute atomic E-state index is 0.0465. The fourth-order valence-corrected chi connectivity index (χ4v) is 5.04. The Kier molecular flexibility index (Phi) is 6.25. The number of carboxylic acids is 1. The second-order valence-electron chi connectivity index (χ2n) is 4.97. The zero-order valence-corrected chi connectivity index (χ0v) is 14.0. The van der Waals surface area contributed by atoms with Gasteiger partial charge in [-0.3, -0.25) is 14.5 Å². The first-order valence-electron chi connectivity index (χ1n) is 7.00. The molecule has 0 radical (unpaired) electrons. The lowest BCUT2D eigenvalue weighted by atomic mass is 10.4. The molecule has 128 valence electrons. The second kappa shape index (κ2) is 7.97. The Bertz CT molecular complexity index is 651. The van der Waals surface area contributed by atoms with Crippen molar-refractivity contribution in [2.45, 2.75) is 4.21 Å². The van der Waals surface area contributed by atoms with Crippen LogP contribution in [0.3, 0.4) is 0 Å². The summed E-state index contributed by atoms with van der Waals surface area (Å²) in [6, 6.07) is 1.41. The Labute approximate surface area is 138 Å². The van der Waals surface area contributed by atoms with Crippen LogP contribution in [-0.2, 0) is 19.6 Å². The molecule has 1 N–H and O–H groups in total. The highest BCUT2D eigenvalue weighted by Gasteiger charge is 2.30. The summed E-state index contributed by atoms with van der Waals surface area (Å²) in [7, 11) is -4.01. The van der Waals surface area contributed by atoms with E-state index in [0.717, 1.165) is 15.6 Å². The van der Waals surface area contributed by atoms with Gasteiger partial charge in [-0.05, 0) is 11.4 Å². The molecule has 23 heavy (non-hydrogen) atoms. The van der Waals surface area contributed by atoms with E-state index in [1.54, 1.807) is 0 Å². The van der Waals surface area contributed by atoms with Crippen molar-refractivity contribution >= 4 is 33.6 Å². The molecule has 0 atom stereocenters. The van der Waals surface area contributed by atoms with E-state index < -0.39 is 22.5 Å². The third-order valence-corrected chi connectivity index (χ3v) is 6.78. The molecule has 0 amide bonds. The average Bonchev–Trinajstić information content (AvgIpc) is 3.01. The van der Waals surface area contributed by atoms with Crippen molar-refractivity contribution < 1.29 is 27.9 Å². The predicted octanol–water partition coefficient (Wildman–Crippen LogP) is -0.0319. The number of hydrogen-bond donors (Lipinski definition) is 1. The number of thiophene rings is 1. The van der Waals surface area contributed by atoms with Crippen molar-refractivity contribution in [1.82, 2.24) is 9.21 Å². The maximum absolute atomic E-state index is 12.7. The summed E-state index contributed by atoms with van der Waals surface area (Å²) in [5.41, 5.74) is 0.0526. The first-order valence-corrected chi connectivity index (χ1v) is 9.32. The maximum atomic E-state index is 12.7. The Morgan fingerprint density at radius 1 is 1.43 bits per heavy atom. The lowest BCUT2D eigenvalue weighted by molar-refractivity contribution is -0.137. The Morgan fingerprint density at radius 3 is 2.74 bits per heavy atom. The molecular weight excluding hydrogens is 344 g/mol. The van der Waals surface area contributed by atoms with Crippen LogP contribution in [-0.4, -0.2) is 80.9 Å². The highest BCUT2D eigenvalue weighted by Crippen LogP contribution is 2.25. The highest BCUT2D eigenvalue weighted by molar-refractivity contribution is 7.91. The van der Waals surface area contributed by atoms with Crippen molar-refractivity contribution in [3.05, 3.63) is 17.0 Å². The summed E-state index contributed by atoms with van der Waals surface area (Å²) in [5.74, 6) is -1.24. The number of carboxylic acid groups (broad SMARTS) is 1. The third-order valence-electron chi connectivity index (χ3n) is 3.44. The molecular formula is C13H18N2O6S2. The number of hydrogen-bond acceptors (Lipinski definition) is 7. The molecule has 0 aliphatic carbocycles. The first kappa shape index (κ1) is 18.0. The minimum Gasteiger partial charge on any atom is -0.480 e. The lowest BCUT2D eigenvalue weighted by Gasteiger charge is -2.29. The smallest absolute Gasteiger partial charge is 0.318 e. The number of ether oxygens (including phenoxy) is 1. The number of morpholine rings is 1. The summed E-state index contributed by atoms with van der Waals surface area (Å²) in [6.45, 7) is 2.34. The van der Waals surface area contributed by atoms with Crippen LogP contribution in [0.4, 0.5) is 0 Å². The highest BCUT2D eigenvalue weighted by atomic mass is 32.2. The summed E-state index contributed by atoms with van der Waals surface area (Å²) in [4.78, 5) is 24.0. The molecule has 0 bridgehead atoms. The second-order valence-corrected chi connectivity index (χ2v) is 8.02. The van der Waals surface area contributed by atoms with E-state index in [1.807, 2.05) is 4.90 Å². The van der Waals surface area contributed by atoms with Gasteiger partial charge in [0, 0.05) is 31.7 Å². The molecule has 2 heterocycles. The number of aldehydes is 1. The van der Waals surface area contributed by atoms with Gasteiger partial charge in [0.25, 0.3) is 10.0 Å². The number of carbonyl (C=O) groups is 2. The number of sulfonamides is 1. The van der Waals surface area contributed by atoms with Crippen LogP contribution in [0.5, 0.6) is 0 Å². The molecule has 1 aromatic rings. The van der Waals surface area contributed by atoms with Gasteiger partial charge in [0.15, 0.2) is 6.29 Å². The van der Waals surface area contributed by atoms with E-state index in [-0.39, 0.29) is 16.3 Å². The van der Waals surface area contributed by atoms with Crippen LogP contribution in [0.1, 0.15) is 10.4 Å². The van der Waals surface area contributed by atoms with E-state index in [9.17, 15) is 18.0 Å². The van der Waals surface area contributed by atoms with Gasteiger partial charge >= 0.3 is 5.97 Å². The topological polar surface area (TPSA) is 104 Å². The summed E-state index contributed by atoms with van der Waals surface area (Å²) in [6.07, 6.45) is 0.463.